The lowest BCUT2D eigenvalue weighted by atomic mass is 10.3. The molecule has 0 spiro atoms. The highest BCUT2D eigenvalue weighted by Gasteiger charge is 2.11. The van der Waals surface area contributed by atoms with Crippen LogP contribution in [0, 0.1) is 5.82 Å². The van der Waals surface area contributed by atoms with Crippen molar-refractivity contribution in [3.8, 4) is 0 Å². The molecule has 1 N–H and O–H groups in total. The summed E-state index contributed by atoms with van der Waals surface area (Å²) in [6, 6.07) is 6.36. The SMILES string of the molecule is COCCn1nc(C(=O)Nc2ccc(F)c(Cl)c2)ccc1=O. The Morgan fingerprint density at radius 1 is 1.41 bits per heavy atom. The number of halogens is 2. The predicted octanol–water partition coefficient (Wildman–Crippen LogP) is 1.93. The van der Waals surface area contributed by atoms with Crippen LogP contribution in [-0.2, 0) is 11.3 Å². The third-order valence-electron chi connectivity index (χ3n) is 2.78. The van der Waals surface area contributed by atoms with Crippen molar-refractivity contribution >= 4 is 23.2 Å². The number of hydrogen-bond donors (Lipinski definition) is 1. The lowest BCUT2D eigenvalue weighted by Gasteiger charge is -2.08. The van der Waals surface area contributed by atoms with E-state index in [1.807, 2.05) is 0 Å². The van der Waals surface area contributed by atoms with Gasteiger partial charge in [-0.15, -0.1) is 0 Å². The lowest BCUT2D eigenvalue weighted by molar-refractivity contribution is 0.101. The number of aromatic nitrogens is 2. The Morgan fingerprint density at radius 3 is 2.86 bits per heavy atom. The molecule has 0 aliphatic rings. The first-order valence-corrected chi connectivity index (χ1v) is 6.72. The second-order valence-corrected chi connectivity index (χ2v) is 4.76. The Morgan fingerprint density at radius 2 is 2.18 bits per heavy atom. The fourth-order valence-electron chi connectivity index (χ4n) is 1.68. The van der Waals surface area contributed by atoms with Gasteiger partial charge in [0.25, 0.3) is 11.5 Å². The summed E-state index contributed by atoms with van der Waals surface area (Å²) in [6.07, 6.45) is 0. The summed E-state index contributed by atoms with van der Waals surface area (Å²) < 4.78 is 19.1. The third-order valence-corrected chi connectivity index (χ3v) is 3.07. The molecule has 6 nitrogen and oxygen atoms in total. The molecule has 0 radical (unpaired) electrons. The highest BCUT2D eigenvalue weighted by atomic mass is 35.5. The summed E-state index contributed by atoms with van der Waals surface area (Å²) in [6.45, 7) is 0.532. The van der Waals surface area contributed by atoms with E-state index in [1.165, 1.54) is 31.4 Å². The van der Waals surface area contributed by atoms with Crippen LogP contribution in [0.15, 0.2) is 35.1 Å². The molecule has 2 aromatic rings. The second-order valence-electron chi connectivity index (χ2n) is 4.36. The van der Waals surface area contributed by atoms with Gasteiger partial charge in [0, 0.05) is 18.9 Å². The molecule has 0 unspecified atom stereocenters. The Bertz CT molecular complexity index is 748. The number of nitrogens with zero attached hydrogens (tertiary/aromatic N) is 2. The first-order valence-electron chi connectivity index (χ1n) is 6.35. The number of carbonyl (C=O) groups excluding carboxylic acids is 1. The van der Waals surface area contributed by atoms with E-state index in [1.54, 1.807) is 0 Å². The fraction of sp³-hybridized carbons (Fsp3) is 0.214. The number of carbonyl (C=O) groups is 1. The van der Waals surface area contributed by atoms with Gasteiger partial charge in [0.1, 0.15) is 11.5 Å². The minimum absolute atomic E-state index is 0.0520. The van der Waals surface area contributed by atoms with Crippen molar-refractivity contribution in [2.75, 3.05) is 19.0 Å². The zero-order valence-corrected chi connectivity index (χ0v) is 12.4. The summed E-state index contributed by atoms with van der Waals surface area (Å²) in [7, 11) is 1.50. The van der Waals surface area contributed by atoms with Crippen LogP contribution in [0.5, 0.6) is 0 Å². The molecular weight excluding hydrogens is 313 g/mol. The molecule has 8 heteroatoms. The van der Waals surface area contributed by atoms with Crippen LogP contribution >= 0.6 is 11.6 Å². The Hall–Kier alpha value is -2.25. The average molecular weight is 326 g/mol. The predicted molar refractivity (Wildman–Crippen MR) is 79.7 cm³/mol. The second kappa shape index (κ2) is 7.15. The molecule has 22 heavy (non-hydrogen) atoms. The van der Waals surface area contributed by atoms with Crippen molar-refractivity contribution < 1.29 is 13.9 Å². The molecule has 1 heterocycles. The summed E-state index contributed by atoms with van der Waals surface area (Å²) in [5.41, 5.74) is 0.0439. The molecule has 0 bridgehead atoms. The largest absolute Gasteiger partial charge is 0.383 e. The molecule has 0 saturated heterocycles. The first kappa shape index (κ1) is 16.1. The van der Waals surface area contributed by atoms with Crippen LogP contribution in [0.2, 0.25) is 5.02 Å². The van der Waals surface area contributed by atoms with E-state index in [0.717, 1.165) is 10.7 Å². The van der Waals surface area contributed by atoms with Gasteiger partial charge >= 0.3 is 0 Å². The van der Waals surface area contributed by atoms with Crippen molar-refractivity contribution in [2.45, 2.75) is 6.54 Å². The number of methoxy groups -OCH3 is 1. The van der Waals surface area contributed by atoms with Crippen LogP contribution in [0.25, 0.3) is 0 Å². The molecule has 116 valence electrons. The van der Waals surface area contributed by atoms with Crippen molar-refractivity contribution in [3.05, 3.63) is 57.2 Å². The first-order chi connectivity index (χ1) is 10.5. The standard InChI is InChI=1S/C14H13ClFN3O3/c1-22-7-6-19-13(20)5-4-12(18-19)14(21)17-9-2-3-11(16)10(15)8-9/h2-5,8H,6-7H2,1H3,(H,17,21). The van der Waals surface area contributed by atoms with Crippen molar-refractivity contribution in [2.24, 2.45) is 0 Å². The molecule has 0 aliphatic heterocycles. The maximum Gasteiger partial charge on any atom is 0.276 e. The highest BCUT2D eigenvalue weighted by Crippen LogP contribution is 2.19. The van der Waals surface area contributed by atoms with Gasteiger partial charge in [-0.25, -0.2) is 9.07 Å². The van der Waals surface area contributed by atoms with Crippen molar-refractivity contribution in [1.29, 1.82) is 0 Å². The summed E-state index contributed by atoms with van der Waals surface area (Å²) >= 11 is 5.65. The molecule has 1 amide bonds. The molecule has 2 rings (SSSR count). The summed E-state index contributed by atoms with van der Waals surface area (Å²) in [5, 5.41) is 6.38. The van der Waals surface area contributed by atoms with Crippen LogP contribution in [-0.4, -0.2) is 29.4 Å². The zero-order valence-electron chi connectivity index (χ0n) is 11.7. The molecule has 1 aromatic carbocycles. The van der Waals surface area contributed by atoms with Crippen LogP contribution in [0.3, 0.4) is 0 Å². The van der Waals surface area contributed by atoms with Crippen LogP contribution in [0.4, 0.5) is 10.1 Å². The summed E-state index contributed by atoms with van der Waals surface area (Å²) in [5.74, 6) is -1.11. The van der Waals surface area contributed by atoms with Gasteiger partial charge in [0.2, 0.25) is 0 Å². The van der Waals surface area contributed by atoms with E-state index in [9.17, 15) is 14.0 Å². The maximum absolute atomic E-state index is 13.1. The monoisotopic (exact) mass is 325 g/mol. The highest BCUT2D eigenvalue weighted by molar-refractivity contribution is 6.31. The Kier molecular flexibility index (Phi) is 5.24. The number of anilines is 1. The Balaban J connectivity index is 2.18. The zero-order chi connectivity index (χ0) is 16.1. The van der Waals surface area contributed by atoms with E-state index < -0.39 is 11.7 Å². The van der Waals surface area contributed by atoms with Gasteiger partial charge in [-0.3, -0.25) is 9.59 Å². The number of nitrogens with one attached hydrogen (secondary N) is 1. The van der Waals surface area contributed by atoms with Crippen molar-refractivity contribution in [3.63, 3.8) is 0 Å². The molecule has 0 atom stereocenters. The molecule has 0 aliphatic carbocycles. The quantitative estimate of drug-likeness (QED) is 0.911. The van der Waals surface area contributed by atoms with E-state index >= 15 is 0 Å². The third kappa shape index (κ3) is 3.90. The molecular formula is C14H13ClFN3O3. The number of rotatable bonds is 5. The minimum Gasteiger partial charge on any atom is -0.383 e. The van der Waals surface area contributed by atoms with E-state index in [-0.39, 0.29) is 22.8 Å². The van der Waals surface area contributed by atoms with Gasteiger partial charge in [-0.1, -0.05) is 11.6 Å². The van der Waals surface area contributed by atoms with Gasteiger partial charge < -0.3 is 10.1 Å². The minimum atomic E-state index is -0.578. The maximum atomic E-state index is 13.1. The summed E-state index contributed by atoms with van der Waals surface area (Å²) in [4.78, 5) is 23.7. The number of hydrogen-bond acceptors (Lipinski definition) is 4. The number of benzene rings is 1. The van der Waals surface area contributed by atoms with Crippen LogP contribution < -0.4 is 10.9 Å². The molecule has 0 fully saturated rings. The van der Waals surface area contributed by atoms with Gasteiger partial charge in [0.05, 0.1) is 18.2 Å². The number of amides is 1. The van der Waals surface area contributed by atoms with E-state index in [2.05, 4.69) is 10.4 Å². The average Bonchev–Trinajstić information content (AvgIpc) is 2.50. The lowest BCUT2D eigenvalue weighted by Crippen LogP contribution is -2.27. The van der Waals surface area contributed by atoms with E-state index in [0.29, 0.717) is 12.3 Å². The van der Waals surface area contributed by atoms with Gasteiger partial charge in [-0.2, -0.15) is 5.10 Å². The number of ether oxygens (including phenoxy) is 1. The molecule has 0 saturated carbocycles. The van der Waals surface area contributed by atoms with Gasteiger partial charge in [-0.05, 0) is 24.3 Å². The topological polar surface area (TPSA) is 73.2 Å². The van der Waals surface area contributed by atoms with Crippen LogP contribution in [0.1, 0.15) is 10.5 Å². The van der Waals surface area contributed by atoms with E-state index in [4.69, 9.17) is 16.3 Å². The Labute approximate surface area is 130 Å². The molecule has 1 aromatic heterocycles. The van der Waals surface area contributed by atoms with Gasteiger partial charge in [0.15, 0.2) is 0 Å². The van der Waals surface area contributed by atoms with Crippen molar-refractivity contribution in [1.82, 2.24) is 9.78 Å². The fourth-order valence-corrected chi connectivity index (χ4v) is 1.86. The smallest absolute Gasteiger partial charge is 0.276 e. The normalized spacial score (nSPS) is 10.5.